The second-order valence-corrected chi connectivity index (χ2v) is 5.76. The molecule has 0 unspecified atom stereocenters. The number of carbonyl (C=O) groups excluding carboxylic acids is 1. The van der Waals surface area contributed by atoms with E-state index in [1.807, 2.05) is 0 Å². The lowest BCUT2D eigenvalue weighted by Crippen LogP contribution is -2.32. The van der Waals surface area contributed by atoms with E-state index in [-0.39, 0.29) is 30.0 Å². The van der Waals surface area contributed by atoms with Gasteiger partial charge in [0.05, 0.1) is 4.92 Å². The van der Waals surface area contributed by atoms with E-state index in [1.54, 1.807) is 12.1 Å². The van der Waals surface area contributed by atoms with Crippen LogP contribution in [0.2, 0.25) is 0 Å². The lowest BCUT2D eigenvalue weighted by atomic mass is 10.2. The highest BCUT2D eigenvalue weighted by atomic mass is 16.6. The summed E-state index contributed by atoms with van der Waals surface area (Å²) in [5, 5.41) is 13.6. The molecule has 0 saturated heterocycles. The predicted molar refractivity (Wildman–Crippen MR) is 85.9 cm³/mol. The van der Waals surface area contributed by atoms with E-state index in [1.165, 1.54) is 24.3 Å². The zero-order valence-corrected chi connectivity index (χ0v) is 13.1. The predicted octanol–water partition coefficient (Wildman–Crippen LogP) is 3.44. The van der Waals surface area contributed by atoms with Gasteiger partial charge in [0.1, 0.15) is 18.1 Å². The number of nitrogens with zero attached hydrogens (tertiary/aromatic N) is 1. The number of carbonyl (C=O) groups is 1. The quantitative estimate of drug-likeness (QED) is 0.646. The maximum absolute atomic E-state index is 12.1. The molecule has 0 atom stereocenters. The monoisotopic (exact) mass is 330 g/mol. The minimum absolute atomic E-state index is 0.00576. The Labute approximate surface area is 138 Å². The van der Waals surface area contributed by atoms with Crippen LogP contribution in [0.4, 0.5) is 5.69 Å². The lowest BCUT2D eigenvalue weighted by Gasteiger charge is -2.09. The summed E-state index contributed by atoms with van der Waals surface area (Å²) >= 11 is 0. The van der Waals surface area contributed by atoms with Gasteiger partial charge in [-0.25, -0.2) is 0 Å². The highest BCUT2D eigenvalue weighted by Gasteiger charge is 2.19. The SMILES string of the molecule is O=C(NC1CCCC1)c1ccc(COc2ccc([N+](=O)[O-])cc2)o1. The van der Waals surface area contributed by atoms with Gasteiger partial charge in [-0.2, -0.15) is 0 Å². The molecular weight excluding hydrogens is 312 g/mol. The number of nitro benzene ring substituents is 1. The van der Waals surface area contributed by atoms with E-state index in [0.29, 0.717) is 11.5 Å². The molecule has 1 heterocycles. The van der Waals surface area contributed by atoms with Crippen molar-refractivity contribution >= 4 is 11.6 Å². The normalized spacial score (nSPS) is 14.5. The van der Waals surface area contributed by atoms with Gasteiger partial charge in [-0.05, 0) is 37.1 Å². The van der Waals surface area contributed by atoms with Crippen molar-refractivity contribution in [1.82, 2.24) is 5.32 Å². The summed E-state index contributed by atoms with van der Waals surface area (Å²) in [6.45, 7) is 0.147. The Bertz CT molecular complexity index is 717. The Morgan fingerprint density at radius 2 is 1.92 bits per heavy atom. The van der Waals surface area contributed by atoms with Gasteiger partial charge in [-0.15, -0.1) is 0 Å². The third kappa shape index (κ3) is 3.92. The molecule has 0 bridgehead atoms. The molecule has 126 valence electrons. The fourth-order valence-corrected chi connectivity index (χ4v) is 2.72. The largest absolute Gasteiger partial charge is 0.486 e. The molecule has 1 fully saturated rings. The molecule has 1 saturated carbocycles. The topological polar surface area (TPSA) is 94.6 Å². The second-order valence-electron chi connectivity index (χ2n) is 5.76. The number of non-ortho nitro benzene ring substituents is 1. The number of furan rings is 1. The van der Waals surface area contributed by atoms with E-state index in [2.05, 4.69) is 5.32 Å². The van der Waals surface area contributed by atoms with E-state index >= 15 is 0 Å². The highest BCUT2D eigenvalue weighted by Crippen LogP contribution is 2.20. The molecule has 1 aliphatic rings. The summed E-state index contributed by atoms with van der Waals surface area (Å²) in [7, 11) is 0. The summed E-state index contributed by atoms with van der Waals surface area (Å²) in [4.78, 5) is 22.2. The molecule has 3 rings (SSSR count). The first-order chi connectivity index (χ1) is 11.6. The number of nitro groups is 1. The number of nitrogens with one attached hydrogen (secondary N) is 1. The van der Waals surface area contributed by atoms with Gasteiger partial charge >= 0.3 is 0 Å². The molecule has 1 amide bonds. The zero-order valence-electron chi connectivity index (χ0n) is 13.1. The van der Waals surface area contributed by atoms with Crippen LogP contribution >= 0.6 is 0 Å². The molecule has 1 N–H and O–H groups in total. The van der Waals surface area contributed by atoms with Gasteiger partial charge in [0.15, 0.2) is 5.76 Å². The number of ether oxygens (including phenoxy) is 1. The zero-order chi connectivity index (χ0) is 16.9. The van der Waals surface area contributed by atoms with Crippen LogP contribution in [-0.2, 0) is 6.61 Å². The standard InChI is InChI=1S/C17H18N2O5/c20-17(18-12-3-1-2-4-12)16-10-9-15(24-16)11-23-14-7-5-13(6-8-14)19(21)22/h5-10,12H,1-4,11H2,(H,18,20). The van der Waals surface area contributed by atoms with E-state index in [4.69, 9.17) is 9.15 Å². The van der Waals surface area contributed by atoms with Crippen LogP contribution < -0.4 is 10.1 Å². The number of amides is 1. The maximum atomic E-state index is 12.1. The summed E-state index contributed by atoms with van der Waals surface area (Å²) in [6.07, 6.45) is 4.33. The molecule has 1 aromatic heterocycles. The van der Waals surface area contributed by atoms with Crippen molar-refractivity contribution in [3.8, 4) is 5.75 Å². The van der Waals surface area contributed by atoms with Crippen LogP contribution in [0.1, 0.15) is 42.0 Å². The van der Waals surface area contributed by atoms with Crippen LogP contribution in [-0.4, -0.2) is 16.9 Å². The minimum atomic E-state index is -0.467. The first kappa shape index (κ1) is 16.0. The van der Waals surface area contributed by atoms with Crippen molar-refractivity contribution in [2.24, 2.45) is 0 Å². The van der Waals surface area contributed by atoms with Crippen LogP contribution in [0.5, 0.6) is 5.75 Å². The number of hydrogen-bond acceptors (Lipinski definition) is 5. The maximum Gasteiger partial charge on any atom is 0.287 e. The average Bonchev–Trinajstić information content (AvgIpc) is 3.25. The van der Waals surface area contributed by atoms with Gasteiger partial charge in [0.25, 0.3) is 11.6 Å². The Hall–Kier alpha value is -2.83. The molecule has 1 aromatic carbocycles. The molecule has 0 radical (unpaired) electrons. The molecular formula is C17H18N2O5. The van der Waals surface area contributed by atoms with Crippen LogP contribution in [0.3, 0.4) is 0 Å². The van der Waals surface area contributed by atoms with Crippen molar-refractivity contribution in [3.63, 3.8) is 0 Å². The van der Waals surface area contributed by atoms with Crippen molar-refractivity contribution in [2.45, 2.75) is 38.3 Å². The fourth-order valence-electron chi connectivity index (χ4n) is 2.72. The third-order valence-corrected chi connectivity index (χ3v) is 4.00. The van der Waals surface area contributed by atoms with E-state index in [9.17, 15) is 14.9 Å². The highest BCUT2D eigenvalue weighted by molar-refractivity contribution is 5.91. The van der Waals surface area contributed by atoms with E-state index < -0.39 is 4.92 Å². The molecule has 7 heteroatoms. The van der Waals surface area contributed by atoms with Crippen molar-refractivity contribution < 1.29 is 18.9 Å². The van der Waals surface area contributed by atoms with Crippen molar-refractivity contribution in [1.29, 1.82) is 0 Å². The van der Waals surface area contributed by atoms with Gasteiger partial charge < -0.3 is 14.5 Å². The first-order valence-electron chi connectivity index (χ1n) is 7.88. The smallest absolute Gasteiger partial charge is 0.287 e. The number of benzene rings is 1. The van der Waals surface area contributed by atoms with Crippen LogP contribution in [0, 0.1) is 10.1 Å². The van der Waals surface area contributed by atoms with Crippen LogP contribution in [0.15, 0.2) is 40.8 Å². The molecule has 1 aliphatic carbocycles. The van der Waals surface area contributed by atoms with Gasteiger partial charge in [0, 0.05) is 18.2 Å². The molecule has 7 nitrogen and oxygen atoms in total. The molecule has 2 aromatic rings. The van der Waals surface area contributed by atoms with Crippen molar-refractivity contribution in [3.05, 3.63) is 58.0 Å². The molecule has 24 heavy (non-hydrogen) atoms. The summed E-state index contributed by atoms with van der Waals surface area (Å²) in [5.41, 5.74) is 0.00576. The summed E-state index contributed by atoms with van der Waals surface area (Å²) in [5.74, 6) is 1.08. The Morgan fingerprint density at radius 3 is 2.58 bits per heavy atom. The van der Waals surface area contributed by atoms with Gasteiger partial charge in [-0.1, -0.05) is 12.8 Å². The Kier molecular flexibility index (Phi) is 4.79. The minimum Gasteiger partial charge on any atom is -0.486 e. The summed E-state index contributed by atoms with van der Waals surface area (Å²) in [6, 6.07) is 9.34. The Balaban J connectivity index is 1.53. The molecule has 0 aliphatic heterocycles. The number of hydrogen-bond donors (Lipinski definition) is 1. The summed E-state index contributed by atoms with van der Waals surface area (Å²) < 4.78 is 11.0. The third-order valence-electron chi connectivity index (χ3n) is 4.00. The fraction of sp³-hybridized carbons (Fsp3) is 0.353. The van der Waals surface area contributed by atoms with E-state index in [0.717, 1.165) is 25.7 Å². The lowest BCUT2D eigenvalue weighted by molar-refractivity contribution is -0.384. The molecule has 0 spiro atoms. The average molecular weight is 330 g/mol. The Morgan fingerprint density at radius 1 is 1.21 bits per heavy atom. The second kappa shape index (κ2) is 7.16. The number of rotatable bonds is 6. The van der Waals surface area contributed by atoms with Gasteiger partial charge in [0.2, 0.25) is 0 Å². The van der Waals surface area contributed by atoms with Crippen LogP contribution in [0.25, 0.3) is 0 Å². The van der Waals surface area contributed by atoms with Gasteiger partial charge in [-0.3, -0.25) is 14.9 Å². The van der Waals surface area contributed by atoms with Crippen molar-refractivity contribution in [2.75, 3.05) is 0 Å². The first-order valence-corrected chi connectivity index (χ1v) is 7.88.